The molecule has 0 aromatic rings. The summed E-state index contributed by atoms with van der Waals surface area (Å²) < 4.78 is 37.7. The fraction of sp³-hybridized carbons (Fsp3) is 1.00. The van der Waals surface area contributed by atoms with Gasteiger partial charge in [0, 0.05) is 17.8 Å². The molecule has 1 aliphatic rings. The van der Waals surface area contributed by atoms with Crippen LogP contribution in [0.4, 0.5) is 13.2 Å². The Morgan fingerprint density at radius 2 is 2.06 bits per heavy atom. The first-order chi connectivity index (χ1) is 7.43. The molecule has 1 aliphatic carbocycles. The second-order valence-corrected chi connectivity index (χ2v) is 5.54. The van der Waals surface area contributed by atoms with E-state index in [2.05, 4.69) is 5.32 Å². The maximum Gasteiger partial charge on any atom is 0.391 e. The van der Waals surface area contributed by atoms with Crippen molar-refractivity contribution < 1.29 is 13.2 Å². The highest BCUT2D eigenvalue weighted by Crippen LogP contribution is 2.37. The van der Waals surface area contributed by atoms with Crippen LogP contribution in [0.15, 0.2) is 0 Å². The SMILES string of the molecule is CSCC(C)NC1CCCC(C(F)(F)F)C1. The molecular formula is C11H20F3NS. The molecule has 0 radical (unpaired) electrons. The molecule has 5 heteroatoms. The Bertz CT molecular complexity index is 208. The van der Waals surface area contributed by atoms with E-state index in [-0.39, 0.29) is 12.5 Å². The molecule has 0 aliphatic heterocycles. The Balaban J connectivity index is 2.39. The number of thioether (sulfide) groups is 1. The summed E-state index contributed by atoms with van der Waals surface area (Å²) in [7, 11) is 0. The van der Waals surface area contributed by atoms with Gasteiger partial charge in [-0.05, 0) is 32.4 Å². The van der Waals surface area contributed by atoms with Crippen molar-refractivity contribution >= 4 is 11.8 Å². The molecule has 1 saturated carbocycles. The van der Waals surface area contributed by atoms with E-state index < -0.39 is 12.1 Å². The van der Waals surface area contributed by atoms with Crippen molar-refractivity contribution in [3.63, 3.8) is 0 Å². The molecule has 96 valence electrons. The second-order valence-electron chi connectivity index (χ2n) is 4.63. The largest absolute Gasteiger partial charge is 0.391 e. The molecule has 3 atom stereocenters. The summed E-state index contributed by atoms with van der Waals surface area (Å²) in [6.07, 6.45) is 0.126. The highest BCUT2D eigenvalue weighted by Gasteiger charge is 2.42. The third-order valence-electron chi connectivity index (χ3n) is 3.07. The summed E-state index contributed by atoms with van der Waals surface area (Å²) in [5.74, 6) is -0.145. The first-order valence-electron chi connectivity index (χ1n) is 5.75. The van der Waals surface area contributed by atoms with Crippen LogP contribution in [-0.4, -0.2) is 30.3 Å². The van der Waals surface area contributed by atoms with Gasteiger partial charge in [-0.3, -0.25) is 0 Å². The standard InChI is InChI=1S/C11H20F3NS/c1-8(7-16-2)15-10-5-3-4-9(6-10)11(12,13)14/h8-10,15H,3-7H2,1-2H3. The summed E-state index contributed by atoms with van der Waals surface area (Å²) in [5, 5.41) is 3.30. The number of alkyl halides is 3. The molecular weight excluding hydrogens is 235 g/mol. The normalized spacial score (nSPS) is 29.1. The molecule has 16 heavy (non-hydrogen) atoms. The fourth-order valence-corrected chi connectivity index (χ4v) is 2.94. The van der Waals surface area contributed by atoms with Crippen LogP contribution in [-0.2, 0) is 0 Å². The van der Waals surface area contributed by atoms with Gasteiger partial charge < -0.3 is 5.32 Å². The molecule has 1 rings (SSSR count). The monoisotopic (exact) mass is 255 g/mol. The van der Waals surface area contributed by atoms with Gasteiger partial charge in [-0.2, -0.15) is 24.9 Å². The van der Waals surface area contributed by atoms with Crippen molar-refractivity contribution in [1.29, 1.82) is 0 Å². The van der Waals surface area contributed by atoms with E-state index in [9.17, 15) is 13.2 Å². The Kier molecular flexibility index (Phi) is 5.44. The number of hydrogen-bond donors (Lipinski definition) is 1. The summed E-state index contributed by atoms with van der Waals surface area (Å²) >= 11 is 1.72. The number of halogens is 3. The lowest BCUT2D eigenvalue weighted by Crippen LogP contribution is -2.43. The van der Waals surface area contributed by atoms with E-state index in [1.807, 2.05) is 13.2 Å². The van der Waals surface area contributed by atoms with Gasteiger partial charge in [0.15, 0.2) is 0 Å². The quantitative estimate of drug-likeness (QED) is 0.825. The Morgan fingerprint density at radius 3 is 2.62 bits per heavy atom. The van der Waals surface area contributed by atoms with Crippen molar-refractivity contribution in [3.8, 4) is 0 Å². The maximum absolute atomic E-state index is 12.6. The van der Waals surface area contributed by atoms with Crippen LogP contribution >= 0.6 is 11.8 Å². The third-order valence-corrected chi connectivity index (χ3v) is 3.91. The number of rotatable bonds is 4. The molecule has 0 spiro atoms. The van der Waals surface area contributed by atoms with Crippen LogP contribution in [0.3, 0.4) is 0 Å². The predicted octanol–water partition coefficient (Wildman–Crippen LogP) is 3.45. The van der Waals surface area contributed by atoms with Crippen LogP contribution in [0.25, 0.3) is 0 Å². The minimum absolute atomic E-state index is 0.0440. The van der Waals surface area contributed by atoms with Crippen molar-refractivity contribution in [3.05, 3.63) is 0 Å². The smallest absolute Gasteiger partial charge is 0.311 e. The van der Waals surface area contributed by atoms with E-state index in [0.29, 0.717) is 18.9 Å². The first kappa shape index (κ1) is 14.2. The zero-order valence-electron chi connectivity index (χ0n) is 9.81. The fourth-order valence-electron chi connectivity index (χ4n) is 2.34. The molecule has 1 N–H and O–H groups in total. The van der Waals surface area contributed by atoms with Crippen LogP contribution in [0.5, 0.6) is 0 Å². The Morgan fingerprint density at radius 1 is 1.38 bits per heavy atom. The van der Waals surface area contributed by atoms with Crippen LogP contribution in [0.2, 0.25) is 0 Å². The van der Waals surface area contributed by atoms with E-state index in [4.69, 9.17) is 0 Å². The summed E-state index contributed by atoms with van der Waals surface area (Å²) in [6, 6.07) is 0.342. The average molecular weight is 255 g/mol. The van der Waals surface area contributed by atoms with Gasteiger partial charge >= 0.3 is 6.18 Å². The molecule has 1 nitrogen and oxygen atoms in total. The maximum atomic E-state index is 12.6. The van der Waals surface area contributed by atoms with Gasteiger partial charge in [0.25, 0.3) is 0 Å². The molecule has 0 amide bonds. The molecule has 0 heterocycles. The van der Waals surface area contributed by atoms with Gasteiger partial charge in [0.05, 0.1) is 5.92 Å². The molecule has 0 bridgehead atoms. The van der Waals surface area contributed by atoms with Crippen molar-refractivity contribution in [2.24, 2.45) is 5.92 Å². The second kappa shape index (κ2) is 6.15. The van der Waals surface area contributed by atoms with E-state index in [1.165, 1.54) is 0 Å². The summed E-state index contributed by atoms with van der Waals surface area (Å²) in [6.45, 7) is 2.04. The minimum Gasteiger partial charge on any atom is -0.311 e. The highest BCUT2D eigenvalue weighted by molar-refractivity contribution is 7.98. The van der Waals surface area contributed by atoms with E-state index >= 15 is 0 Å². The molecule has 0 saturated heterocycles. The van der Waals surface area contributed by atoms with E-state index in [1.54, 1.807) is 11.8 Å². The van der Waals surface area contributed by atoms with Crippen molar-refractivity contribution in [2.75, 3.05) is 12.0 Å². The molecule has 3 unspecified atom stereocenters. The Hall–Kier alpha value is 0.100. The van der Waals surface area contributed by atoms with Crippen molar-refractivity contribution in [2.45, 2.75) is 50.9 Å². The topological polar surface area (TPSA) is 12.0 Å². The van der Waals surface area contributed by atoms with Gasteiger partial charge in [0.1, 0.15) is 0 Å². The Labute approximate surface area is 99.6 Å². The zero-order valence-corrected chi connectivity index (χ0v) is 10.6. The summed E-state index contributed by atoms with van der Waals surface area (Å²) in [4.78, 5) is 0. The zero-order chi connectivity index (χ0) is 12.2. The molecule has 1 fully saturated rings. The van der Waals surface area contributed by atoms with Crippen LogP contribution in [0, 0.1) is 5.92 Å². The number of hydrogen-bond acceptors (Lipinski definition) is 2. The minimum atomic E-state index is -4.01. The van der Waals surface area contributed by atoms with Gasteiger partial charge in [-0.1, -0.05) is 6.42 Å². The molecule has 0 aromatic heterocycles. The average Bonchev–Trinajstić information content (AvgIpc) is 2.17. The van der Waals surface area contributed by atoms with Gasteiger partial charge in [-0.15, -0.1) is 0 Å². The highest BCUT2D eigenvalue weighted by atomic mass is 32.2. The predicted molar refractivity (Wildman–Crippen MR) is 62.8 cm³/mol. The van der Waals surface area contributed by atoms with Gasteiger partial charge in [-0.25, -0.2) is 0 Å². The van der Waals surface area contributed by atoms with Crippen molar-refractivity contribution in [1.82, 2.24) is 5.32 Å². The van der Waals surface area contributed by atoms with Crippen LogP contribution in [0.1, 0.15) is 32.6 Å². The molecule has 0 aromatic carbocycles. The lowest BCUT2D eigenvalue weighted by Gasteiger charge is -2.32. The number of nitrogens with one attached hydrogen (secondary N) is 1. The van der Waals surface area contributed by atoms with E-state index in [0.717, 1.165) is 12.2 Å². The first-order valence-corrected chi connectivity index (χ1v) is 7.14. The lowest BCUT2D eigenvalue weighted by molar-refractivity contribution is -0.183. The third kappa shape index (κ3) is 4.53. The summed E-state index contributed by atoms with van der Waals surface area (Å²) in [5.41, 5.74) is 0. The van der Waals surface area contributed by atoms with Crippen LogP contribution < -0.4 is 5.32 Å². The lowest BCUT2D eigenvalue weighted by atomic mass is 9.85. The van der Waals surface area contributed by atoms with Gasteiger partial charge in [0.2, 0.25) is 0 Å².